The average Bonchev–Trinajstić information content (AvgIpc) is 2.71. The highest BCUT2D eigenvalue weighted by Gasteiger charge is 2.14. The van der Waals surface area contributed by atoms with E-state index < -0.39 is 17.1 Å². The number of H-pyrrole nitrogens is 1. The van der Waals surface area contributed by atoms with Crippen molar-refractivity contribution in [2.45, 2.75) is 0 Å². The molecule has 0 saturated heterocycles. The van der Waals surface area contributed by atoms with E-state index in [0.717, 1.165) is 9.13 Å². The molecule has 4 rings (SSSR count). The van der Waals surface area contributed by atoms with E-state index in [2.05, 4.69) is 4.98 Å². The van der Waals surface area contributed by atoms with Gasteiger partial charge in [-0.1, -0.05) is 48.0 Å². The lowest BCUT2D eigenvalue weighted by Crippen LogP contribution is -2.47. The molecule has 1 N–H and O–H groups in total. The summed E-state index contributed by atoms with van der Waals surface area (Å²) in [7, 11) is 0. The van der Waals surface area contributed by atoms with Gasteiger partial charge in [0, 0.05) is 0 Å². The third-order valence-electron chi connectivity index (χ3n) is 4.16. The molecule has 8 heteroatoms. The molecule has 0 saturated carbocycles. The molecule has 4 aromatic rings. The summed E-state index contributed by atoms with van der Waals surface area (Å²) in [6, 6.07) is 21.8. The summed E-state index contributed by atoms with van der Waals surface area (Å²) in [5, 5.41) is 0.204. The monoisotopic (exact) mass is 407 g/mol. The fraction of sp³-hybridized carbons (Fsp3) is 0. The molecule has 0 aliphatic rings. The van der Waals surface area contributed by atoms with E-state index in [1.54, 1.807) is 48.5 Å². The quantitative estimate of drug-likeness (QED) is 0.563. The Bertz CT molecular complexity index is 1340. The van der Waals surface area contributed by atoms with Gasteiger partial charge in [0.05, 0.1) is 16.4 Å². The number of ether oxygens (including phenoxy) is 1. The maximum Gasteiger partial charge on any atom is 0.345 e. The van der Waals surface area contributed by atoms with Gasteiger partial charge in [0.2, 0.25) is 0 Å². The fourth-order valence-electron chi connectivity index (χ4n) is 2.84. The number of halogens is 1. The summed E-state index contributed by atoms with van der Waals surface area (Å²) in [5.41, 5.74) is -1.95. The van der Waals surface area contributed by atoms with Gasteiger partial charge in [0.15, 0.2) is 0 Å². The number of hydrogen-bond acceptors (Lipinski definition) is 4. The van der Waals surface area contributed by atoms with Gasteiger partial charge < -0.3 is 4.74 Å². The molecule has 0 fully saturated rings. The van der Waals surface area contributed by atoms with Crippen molar-refractivity contribution < 1.29 is 4.74 Å². The van der Waals surface area contributed by atoms with Crippen LogP contribution in [0.3, 0.4) is 0 Å². The van der Waals surface area contributed by atoms with Crippen molar-refractivity contribution in [3.63, 3.8) is 0 Å². The molecule has 1 aromatic heterocycles. The second-order valence-corrected chi connectivity index (χ2v) is 6.46. The van der Waals surface area contributed by atoms with Gasteiger partial charge in [0.25, 0.3) is 0 Å². The molecule has 0 radical (unpaired) electrons. The van der Waals surface area contributed by atoms with Crippen molar-refractivity contribution in [3.8, 4) is 22.9 Å². The van der Waals surface area contributed by atoms with Crippen LogP contribution in [0.15, 0.2) is 93.2 Å². The molecule has 3 aromatic carbocycles. The van der Waals surface area contributed by atoms with E-state index in [-0.39, 0.29) is 10.7 Å². The molecular formula is C21H14ClN3O4. The Morgan fingerprint density at radius 1 is 0.724 bits per heavy atom. The average molecular weight is 408 g/mol. The van der Waals surface area contributed by atoms with E-state index in [1.807, 2.05) is 18.2 Å². The Hall–Kier alpha value is -3.84. The molecule has 0 unspecified atom stereocenters. The summed E-state index contributed by atoms with van der Waals surface area (Å²) >= 11 is 6.30. The molecule has 0 amide bonds. The third-order valence-corrected chi connectivity index (χ3v) is 4.46. The topological polar surface area (TPSA) is 86.1 Å². The van der Waals surface area contributed by atoms with Crippen molar-refractivity contribution in [2.24, 2.45) is 0 Å². The number of rotatable bonds is 4. The standard InChI is InChI=1S/C21H14ClN3O4/c22-17-13-15(11-12-18(17)29-16-9-5-2-6-10-16)25-20(27)23-19(26)24(21(25)28)14-7-3-1-4-8-14/h1-13H,(H,23,26,27). The van der Waals surface area contributed by atoms with E-state index in [4.69, 9.17) is 16.3 Å². The van der Waals surface area contributed by atoms with Crippen LogP contribution in [0.2, 0.25) is 5.02 Å². The van der Waals surface area contributed by atoms with Crippen molar-refractivity contribution in [1.29, 1.82) is 0 Å². The molecule has 0 spiro atoms. The lowest BCUT2D eigenvalue weighted by Gasteiger charge is -2.11. The normalized spacial score (nSPS) is 10.7. The van der Waals surface area contributed by atoms with Crippen molar-refractivity contribution >= 4 is 11.6 Å². The number of aromatic amines is 1. The molecule has 144 valence electrons. The Balaban J connectivity index is 1.81. The van der Waals surface area contributed by atoms with E-state index in [1.165, 1.54) is 12.1 Å². The van der Waals surface area contributed by atoms with Crippen molar-refractivity contribution in [2.75, 3.05) is 0 Å². The smallest absolute Gasteiger partial charge is 0.345 e. The van der Waals surface area contributed by atoms with Crippen LogP contribution >= 0.6 is 11.6 Å². The van der Waals surface area contributed by atoms with Crippen LogP contribution in [0, 0.1) is 0 Å². The number of hydrogen-bond donors (Lipinski definition) is 1. The van der Waals surface area contributed by atoms with Crippen LogP contribution in [0.5, 0.6) is 11.5 Å². The first kappa shape index (κ1) is 18.5. The van der Waals surface area contributed by atoms with Crippen LogP contribution < -0.4 is 21.8 Å². The second kappa shape index (κ2) is 7.65. The molecule has 0 atom stereocenters. The summed E-state index contributed by atoms with van der Waals surface area (Å²) in [4.78, 5) is 39.7. The van der Waals surface area contributed by atoms with Gasteiger partial charge in [-0.05, 0) is 42.5 Å². The Morgan fingerprint density at radius 3 is 1.93 bits per heavy atom. The summed E-state index contributed by atoms with van der Waals surface area (Å²) in [6.07, 6.45) is 0. The van der Waals surface area contributed by atoms with Gasteiger partial charge in [0.1, 0.15) is 11.5 Å². The molecule has 0 aliphatic heterocycles. The maximum absolute atomic E-state index is 12.9. The zero-order chi connectivity index (χ0) is 20.4. The largest absolute Gasteiger partial charge is 0.456 e. The summed E-state index contributed by atoms with van der Waals surface area (Å²) in [5.74, 6) is 0.956. The van der Waals surface area contributed by atoms with Crippen LogP contribution in [-0.2, 0) is 0 Å². The first-order valence-electron chi connectivity index (χ1n) is 8.61. The minimum atomic E-state index is -0.861. The highest BCUT2D eigenvalue weighted by atomic mass is 35.5. The van der Waals surface area contributed by atoms with E-state index in [9.17, 15) is 14.4 Å². The van der Waals surface area contributed by atoms with Gasteiger partial charge >= 0.3 is 17.1 Å². The maximum atomic E-state index is 12.9. The molecule has 0 aliphatic carbocycles. The van der Waals surface area contributed by atoms with Crippen LogP contribution in [0.4, 0.5) is 0 Å². The second-order valence-electron chi connectivity index (χ2n) is 6.05. The van der Waals surface area contributed by atoms with Gasteiger partial charge in [-0.3, -0.25) is 4.98 Å². The van der Waals surface area contributed by atoms with Gasteiger partial charge in [-0.25, -0.2) is 23.5 Å². The Labute approximate surface area is 169 Å². The minimum absolute atomic E-state index is 0.200. The predicted molar refractivity (Wildman–Crippen MR) is 110 cm³/mol. The van der Waals surface area contributed by atoms with Crippen LogP contribution in [0.25, 0.3) is 11.4 Å². The lowest BCUT2D eigenvalue weighted by molar-refractivity contribution is 0.483. The SMILES string of the molecule is O=c1[nH]c(=O)n(-c2ccc(Oc3ccccc3)c(Cl)c2)c(=O)n1-c1ccccc1. The van der Waals surface area contributed by atoms with E-state index >= 15 is 0 Å². The minimum Gasteiger partial charge on any atom is -0.456 e. The molecule has 29 heavy (non-hydrogen) atoms. The number of para-hydroxylation sites is 2. The molecular weight excluding hydrogens is 394 g/mol. The fourth-order valence-corrected chi connectivity index (χ4v) is 3.05. The predicted octanol–water partition coefficient (Wildman–Crippen LogP) is 3.12. The third kappa shape index (κ3) is 3.63. The number of aromatic nitrogens is 3. The molecule has 0 bridgehead atoms. The Kier molecular flexibility index (Phi) is 4.88. The van der Waals surface area contributed by atoms with Gasteiger partial charge in [-0.2, -0.15) is 0 Å². The Morgan fingerprint density at radius 2 is 1.31 bits per heavy atom. The highest BCUT2D eigenvalue weighted by Crippen LogP contribution is 2.30. The summed E-state index contributed by atoms with van der Waals surface area (Å²) in [6.45, 7) is 0. The zero-order valence-electron chi connectivity index (χ0n) is 14.9. The summed E-state index contributed by atoms with van der Waals surface area (Å²) < 4.78 is 7.43. The van der Waals surface area contributed by atoms with E-state index in [0.29, 0.717) is 17.2 Å². The van der Waals surface area contributed by atoms with Crippen LogP contribution in [0.1, 0.15) is 0 Å². The number of benzene rings is 3. The number of nitrogens with zero attached hydrogens (tertiary/aromatic N) is 2. The highest BCUT2D eigenvalue weighted by molar-refractivity contribution is 6.32. The molecule has 7 nitrogen and oxygen atoms in total. The van der Waals surface area contributed by atoms with Crippen LogP contribution in [-0.4, -0.2) is 14.1 Å². The lowest BCUT2D eigenvalue weighted by atomic mass is 10.3. The van der Waals surface area contributed by atoms with Gasteiger partial charge in [-0.15, -0.1) is 0 Å². The first-order chi connectivity index (χ1) is 14.0. The van der Waals surface area contributed by atoms with Crippen molar-refractivity contribution in [3.05, 3.63) is 115 Å². The molecule has 1 heterocycles. The number of nitrogens with one attached hydrogen (secondary N) is 1. The van der Waals surface area contributed by atoms with Crippen molar-refractivity contribution in [1.82, 2.24) is 14.1 Å². The zero-order valence-corrected chi connectivity index (χ0v) is 15.7. The first-order valence-corrected chi connectivity index (χ1v) is 8.99.